The largest absolute Gasteiger partial charge is 0.345 e. The minimum atomic E-state index is -3.40. The van der Waals surface area contributed by atoms with Crippen molar-refractivity contribution in [3.8, 4) is 5.69 Å². The van der Waals surface area contributed by atoms with Crippen molar-refractivity contribution in [3.63, 3.8) is 0 Å². The highest BCUT2D eigenvalue weighted by Gasteiger charge is 2.21. The minimum absolute atomic E-state index is 0.00411. The van der Waals surface area contributed by atoms with Crippen molar-refractivity contribution in [2.24, 2.45) is 0 Å². The van der Waals surface area contributed by atoms with Crippen LogP contribution in [0.25, 0.3) is 5.69 Å². The summed E-state index contributed by atoms with van der Waals surface area (Å²) in [4.78, 5) is 16.9. The summed E-state index contributed by atoms with van der Waals surface area (Å²) in [6.07, 6.45) is 5.41. The van der Waals surface area contributed by atoms with Gasteiger partial charge in [-0.25, -0.2) is 22.5 Å². The van der Waals surface area contributed by atoms with E-state index >= 15 is 0 Å². The average molecular weight is 465 g/mol. The number of halogens is 2. The molecule has 164 valence electrons. The number of nitrogens with zero attached hydrogens (tertiary/aromatic N) is 3. The molecule has 0 aliphatic rings. The van der Waals surface area contributed by atoms with E-state index in [0.717, 1.165) is 12.7 Å². The number of amides is 1. The van der Waals surface area contributed by atoms with Crippen LogP contribution in [-0.4, -0.2) is 35.3 Å². The Morgan fingerprint density at radius 2 is 2.00 bits per heavy atom. The van der Waals surface area contributed by atoms with Crippen LogP contribution in [0.15, 0.2) is 47.8 Å². The van der Waals surface area contributed by atoms with Crippen LogP contribution >= 0.6 is 11.6 Å². The molecular weight excluding hydrogens is 443 g/mol. The molecule has 0 saturated carbocycles. The summed E-state index contributed by atoms with van der Waals surface area (Å²) in [6.45, 7) is 3.70. The molecule has 0 radical (unpaired) electrons. The fraction of sp³-hybridized carbons (Fsp3) is 0.286. The molecule has 3 rings (SSSR count). The first kappa shape index (κ1) is 22.9. The molecule has 31 heavy (non-hydrogen) atoms. The van der Waals surface area contributed by atoms with Crippen molar-refractivity contribution in [1.82, 2.24) is 20.1 Å². The van der Waals surface area contributed by atoms with Gasteiger partial charge in [0.25, 0.3) is 5.91 Å². The number of pyridine rings is 1. The number of nitrogens with one attached hydrogen (secondary N) is 1. The third kappa shape index (κ3) is 5.11. The van der Waals surface area contributed by atoms with Crippen LogP contribution in [0.2, 0.25) is 5.02 Å². The summed E-state index contributed by atoms with van der Waals surface area (Å²) in [5, 5.41) is 7.15. The maximum Gasteiger partial charge on any atom is 0.255 e. The molecule has 3 aromatic rings. The van der Waals surface area contributed by atoms with Crippen molar-refractivity contribution in [2.75, 3.05) is 6.26 Å². The first-order chi connectivity index (χ1) is 14.6. The minimum Gasteiger partial charge on any atom is -0.345 e. The maximum absolute atomic E-state index is 13.8. The summed E-state index contributed by atoms with van der Waals surface area (Å²) in [6, 6.07) is 7.02. The number of hydrogen-bond donors (Lipinski definition) is 1. The zero-order valence-electron chi connectivity index (χ0n) is 17.3. The molecule has 1 amide bonds. The van der Waals surface area contributed by atoms with Gasteiger partial charge in [0.05, 0.1) is 34.2 Å². The second kappa shape index (κ2) is 9.15. The SMILES string of the molecule is CCCC(NC(=O)c1cnn(-c2ccc(Cl)c(F)c2)c1C)c1ccc(S(C)(=O)=O)nc1. The molecule has 0 saturated heterocycles. The topological polar surface area (TPSA) is 94.0 Å². The van der Waals surface area contributed by atoms with Crippen molar-refractivity contribution in [1.29, 1.82) is 0 Å². The van der Waals surface area contributed by atoms with Gasteiger partial charge in [-0.3, -0.25) is 4.79 Å². The van der Waals surface area contributed by atoms with Gasteiger partial charge in [-0.2, -0.15) is 5.10 Å². The van der Waals surface area contributed by atoms with Crippen molar-refractivity contribution < 1.29 is 17.6 Å². The van der Waals surface area contributed by atoms with E-state index in [1.165, 1.54) is 35.3 Å². The highest BCUT2D eigenvalue weighted by Crippen LogP contribution is 2.23. The Hall–Kier alpha value is -2.78. The molecule has 2 aromatic heterocycles. The van der Waals surface area contributed by atoms with E-state index in [4.69, 9.17) is 11.6 Å². The van der Waals surface area contributed by atoms with Crippen molar-refractivity contribution in [2.45, 2.75) is 37.8 Å². The van der Waals surface area contributed by atoms with E-state index < -0.39 is 15.7 Å². The molecule has 2 heterocycles. The Balaban J connectivity index is 1.84. The highest BCUT2D eigenvalue weighted by atomic mass is 35.5. The van der Waals surface area contributed by atoms with E-state index in [2.05, 4.69) is 15.4 Å². The predicted octanol–water partition coefficient (Wildman–Crippen LogP) is 4.04. The Morgan fingerprint density at radius 3 is 2.58 bits per heavy atom. The van der Waals surface area contributed by atoms with Crippen molar-refractivity contribution >= 4 is 27.3 Å². The number of hydrogen-bond acceptors (Lipinski definition) is 5. The van der Waals surface area contributed by atoms with Gasteiger partial charge in [0.15, 0.2) is 14.9 Å². The highest BCUT2D eigenvalue weighted by molar-refractivity contribution is 7.90. The van der Waals surface area contributed by atoms with Crippen LogP contribution in [0.5, 0.6) is 0 Å². The van der Waals surface area contributed by atoms with Gasteiger partial charge in [0, 0.05) is 18.5 Å². The Labute approximate surface area is 185 Å². The lowest BCUT2D eigenvalue weighted by Crippen LogP contribution is -2.29. The van der Waals surface area contributed by atoms with E-state index in [1.54, 1.807) is 19.1 Å². The standard InChI is InChI=1S/C21H22ClFN4O3S/c1-4-5-19(14-6-9-20(24-11-14)31(3,29)30)26-21(28)16-12-25-27(13(16)2)15-7-8-17(22)18(23)10-15/h6-12,19H,4-5H2,1-3H3,(H,26,28). The summed E-state index contributed by atoms with van der Waals surface area (Å²) in [5.41, 5.74) is 2.04. The number of rotatable bonds is 7. The first-order valence-corrected chi connectivity index (χ1v) is 11.9. The summed E-state index contributed by atoms with van der Waals surface area (Å²) >= 11 is 5.74. The van der Waals surface area contributed by atoms with Crippen LogP contribution in [-0.2, 0) is 9.84 Å². The molecule has 7 nitrogen and oxygen atoms in total. The lowest BCUT2D eigenvalue weighted by molar-refractivity contribution is 0.0933. The third-order valence-corrected chi connectivity index (χ3v) is 6.13. The smallest absolute Gasteiger partial charge is 0.255 e. The molecule has 1 atom stereocenters. The zero-order valence-corrected chi connectivity index (χ0v) is 18.8. The second-order valence-corrected chi connectivity index (χ2v) is 9.54. The second-order valence-electron chi connectivity index (χ2n) is 7.17. The normalized spacial score (nSPS) is 12.5. The van der Waals surface area contributed by atoms with Gasteiger partial charge in [0.1, 0.15) is 5.82 Å². The van der Waals surface area contributed by atoms with Crippen LogP contribution in [0.3, 0.4) is 0 Å². The predicted molar refractivity (Wildman–Crippen MR) is 116 cm³/mol. The number of aromatic nitrogens is 3. The van der Waals surface area contributed by atoms with E-state index in [9.17, 15) is 17.6 Å². The number of sulfone groups is 1. The maximum atomic E-state index is 13.8. The van der Waals surface area contributed by atoms with E-state index in [0.29, 0.717) is 28.9 Å². The Kier molecular flexibility index (Phi) is 6.76. The Morgan fingerprint density at radius 1 is 1.26 bits per heavy atom. The van der Waals surface area contributed by atoms with Crippen LogP contribution in [0, 0.1) is 12.7 Å². The zero-order chi connectivity index (χ0) is 22.8. The first-order valence-electron chi connectivity index (χ1n) is 9.58. The van der Waals surface area contributed by atoms with Crippen LogP contribution in [0.4, 0.5) is 4.39 Å². The van der Waals surface area contributed by atoms with Gasteiger partial charge in [-0.05, 0) is 37.1 Å². The van der Waals surface area contributed by atoms with Gasteiger partial charge in [0.2, 0.25) is 0 Å². The van der Waals surface area contributed by atoms with E-state index in [1.807, 2.05) is 6.92 Å². The van der Waals surface area contributed by atoms with Gasteiger partial charge in [-0.15, -0.1) is 0 Å². The van der Waals surface area contributed by atoms with Gasteiger partial charge in [-0.1, -0.05) is 31.0 Å². The quantitative estimate of drug-likeness (QED) is 0.569. The molecule has 0 fully saturated rings. The molecule has 0 spiro atoms. The lowest BCUT2D eigenvalue weighted by atomic mass is 10.0. The van der Waals surface area contributed by atoms with Crippen LogP contribution < -0.4 is 5.32 Å². The van der Waals surface area contributed by atoms with Gasteiger partial charge >= 0.3 is 0 Å². The third-order valence-electron chi connectivity index (χ3n) is 4.83. The van der Waals surface area contributed by atoms with Gasteiger partial charge < -0.3 is 5.32 Å². The fourth-order valence-corrected chi connectivity index (χ4v) is 3.85. The monoisotopic (exact) mass is 464 g/mol. The number of carbonyl (C=O) groups is 1. The molecular formula is C21H22ClFN4O3S. The average Bonchev–Trinajstić information content (AvgIpc) is 3.10. The van der Waals surface area contributed by atoms with Crippen molar-refractivity contribution in [3.05, 3.63) is 70.4 Å². The number of carbonyl (C=O) groups excluding carboxylic acids is 1. The molecule has 1 unspecified atom stereocenters. The molecule has 0 aliphatic carbocycles. The molecule has 1 N–H and O–H groups in total. The molecule has 1 aromatic carbocycles. The fourth-order valence-electron chi connectivity index (χ4n) is 3.17. The molecule has 0 aliphatic heterocycles. The molecule has 10 heteroatoms. The summed E-state index contributed by atoms with van der Waals surface area (Å²) in [5.74, 6) is -0.919. The van der Waals surface area contributed by atoms with Crippen LogP contribution in [0.1, 0.15) is 47.4 Å². The number of benzene rings is 1. The summed E-state index contributed by atoms with van der Waals surface area (Å²) in [7, 11) is -3.40. The van der Waals surface area contributed by atoms with E-state index in [-0.39, 0.29) is 22.0 Å². The summed E-state index contributed by atoms with van der Waals surface area (Å²) < 4.78 is 38.5. The Bertz CT molecular complexity index is 1210. The molecule has 0 bridgehead atoms. The lowest BCUT2D eigenvalue weighted by Gasteiger charge is -2.18.